The molecular weight excluding hydrogens is 138 g/mol. The van der Waals surface area contributed by atoms with Gasteiger partial charge in [-0.3, -0.25) is 0 Å². The van der Waals surface area contributed by atoms with Crippen molar-refractivity contribution in [2.45, 2.75) is 46.1 Å². The predicted octanol–water partition coefficient (Wildman–Crippen LogP) is 2.28. The van der Waals surface area contributed by atoms with Crippen LogP contribution in [0.3, 0.4) is 0 Å². The molecule has 66 valence electrons. The van der Waals surface area contributed by atoms with Crippen LogP contribution in [0.1, 0.15) is 40.5 Å². The van der Waals surface area contributed by atoms with Crippen LogP contribution < -0.4 is 0 Å². The first-order valence-electron chi connectivity index (χ1n) is 4.34. The Kier molecular flexibility index (Phi) is 2.01. The second kappa shape index (κ2) is 2.46. The van der Waals surface area contributed by atoms with Gasteiger partial charge in [0.15, 0.2) is 0 Å². The molecule has 0 saturated carbocycles. The largest absolute Gasteiger partial charge is 0.313 e. The van der Waals surface area contributed by atoms with Crippen molar-refractivity contribution in [3.63, 3.8) is 0 Å². The average Bonchev–Trinajstić information content (AvgIpc) is 1.84. The van der Waals surface area contributed by atoms with E-state index < -0.39 is 0 Å². The molecule has 1 saturated heterocycles. The summed E-state index contributed by atoms with van der Waals surface area (Å²) >= 11 is 0. The van der Waals surface area contributed by atoms with Crippen LogP contribution in [-0.4, -0.2) is 22.4 Å². The molecule has 1 heterocycles. The SMILES string of the molecule is CC1(C)CCCN(O)C1(C)C. The van der Waals surface area contributed by atoms with Gasteiger partial charge in [-0.1, -0.05) is 13.8 Å². The van der Waals surface area contributed by atoms with Crippen LogP contribution in [0.5, 0.6) is 0 Å². The lowest BCUT2D eigenvalue weighted by Crippen LogP contribution is -2.56. The Bertz CT molecular complexity index is 152. The van der Waals surface area contributed by atoms with Crippen LogP contribution in [0.15, 0.2) is 0 Å². The quantitative estimate of drug-likeness (QED) is 0.583. The smallest absolute Gasteiger partial charge is 0.0455 e. The first-order chi connectivity index (χ1) is 4.88. The summed E-state index contributed by atoms with van der Waals surface area (Å²) in [4.78, 5) is 0. The molecule has 0 atom stereocenters. The zero-order valence-electron chi connectivity index (χ0n) is 8.02. The van der Waals surface area contributed by atoms with Crippen LogP contribution >= 0.6 is 0 Å². The molecule has 2 nitrogen and oxygen atoms in total. The van der Waals surface area contributed by atoms with E-state index in [0.717, 1.165) is 13.0 Å². The lowest BCUT2D eigenvalue weighted by Gasteiger charge is -2.50. The molecule has 0 aromatic rings. The van der Waals surface area contributed by atoms with Crippen LogP contribution in [0.25, 0.3) is 0 Å². The third-order valence-corrected chi connectivity index (χ3v) is 3.47. The number of hydroxylamine groups is 2. The molecule has 1 aliphatic heterocycles. The van der Waals surface area contributed by atoms with Gasteiger partial charge in [-0.15, -0.1) is 0 Å². The van der Waals surface area contributed by atoms with Crippen LogP contribution in [0.4, 0.5) is 0 Å². The molecule has 0 unspecified atom stereocenters. The standard InChI is InChI=1S/C9H19NO/c1-8(2)6-5-7-10(11)9(8,3)4/h11H,5-7H2,1-4H3. The predicted molar refractivity (Wildman–Crippen MR) is 45.6 cm³/mol. The topological polar surface area (TPSA) is 23.5 Å². The van der Waals surface area contributed by atoms with E-state index in [9.17, 15) is 5.21 Å². The first-order valence-corrected chi connectivity index (χ1v) is 4.34. The van der Waals surface area contributed by atoms with Gasteiger partial charge in [0.2, 0.25) is 0 Å². The van der Waals surface area contributed by atoms with Gasteiger partial charge in [0.05, 0.1) is 0 Å². The fourth-order valence-corrected chi connectivity index (χ4v) is 1.61. The van der Waals surface area contributed by atoms with Gasteiger partial charge in [0.1, 0.15) is 0 Å². The number of rotatable bonds is 0. The van der Waals surface area contributed by atoms with E-state index in [4.69, 9.17) is 0 Å². The maximum absolute atomic E-state index is 9.61. The van der Waals surface area contributed by atoms with Crippen molar-refractivity contribution in [2.24, 2.45) is 5.41 Å². The molecule has 0 amide bonds. The third-order valence-electron chi connectivity index (χ3n) is 3.47. The Morgan fingerprint density at radius 3 is 2.09 bits per heavy atom. The molecule has 0 spiro atoms. The van der Waals surface area contributed by atoms with E-state index in [2.05, 4.69) is 27.7 Å². The van der Waals surface area contributed by atoms with E-state index in [-0.39, 0.29) is 11.0 Å². The highest BCUT2D eigenvalue weighted by molar-refractivity contribution is 4.95. The normalized spacial score (nSPS) is 30.3. The molecule has 0 aromatic carbocycles. The van der Waals surface area contributed by atoms with Gasteiger partial charge in [-0.25, -0.2) is 0 Å². The molecule has 1 fully saturated rings. The van der Waals surface area contributed by atoms with Gasteiger partial charge >= 0.3 is 0 Å². The van der Waals surface area contributed by atoms with Gasteiger partial charge < -0.3 is 5.21 Å². The highest BCUT2D eigenvalue weighted by atomic mass is 16.5. The Hall–Kier alpha value is -0.0800. The number of hydrogen-bond donors (Lipinski definition) is 1. The Morgan fingerprint density at radius 1 is 1.18 bits per heavy atom. The molecule has 0 bridgehead atoms. The zero-order chi connectivity index (χ0) is 8.70. The molecule has 2 heteroatoms. The second-order valence-corrected chi connectivity index (χ2v) is 4.67. The van der Waals surface area contributed by atoms with Crippen LogP contribution in [0, 0.1) is 5.41 Å². The maximum atomic E-state index is 9.61. The monoisotopic (exact) mass is 157 g/mol. The van der Waals surface area contributed by atoms with E-state index in [0.29, 0.717) is 0 Å². The summed E-state index contributed by atoms with van der Waals surface area (Å²) in [5, 5.41) is 11.1. The van der Waals surface area contributed by atoms with E-state index in [1.807, 2.05) is 0 Å². The number of piperidine rings is 1. The summed E-state index contributed by atoms with van der Waals surface area (Å²) in [5.41, 5.74) is 0.144. The molecule has 1 aliphatic rings. The molecule has 1 rings (SSSR count). The summed E-state index contributed by atoms with van der Waals surface area (Å²) in [6.45, 7) is 9.46. The van der Waals surface area contributed by atoms with Gasteiger partial charge in [-0.05, 0) is 32.1 Å². The average molecular weight is 157 g/mol. The third kappa shape index (κ3) is 1.30. The van der Waals surface area contributed by atoms with Crippen LogP contribution in [0.2, 0.25) is 0 Å². The molecule has 0 aromatic heterocycles. The highest BCUT2D eigenvalue weighted by Crippen LogP contribution is 2.42. The Labute approximate surface area is 69.2 Å². The molecule has 0 radical (unpaired) electrons. The Balaban J connectivity index is 2.82. The lowest BCUT2D eigenvalue weighted by atomic mass is 9.69. The molecule has 0 aliphatic carbocycles. The number of nitrogens with zero attached hydrogens (tertiary/aromatic N) is 1. The minimum atomic E-state index is -0.0781. The summed E-state index contributed by atoms with van der Waals surface area (Å²) in [6.07, 6.45) is 2.31. The van der Waals surface area contributed by atoms with Gasteiger partial charge in [-0.2, -0.15) is 5.06 Å². The Morgan fingerprint density at radius 2 is 1.73 bits per heavy atom. The summed E-state index contributed by atoms with van der Waals surface area (Å²) < 4.78 is 0. The van der Waals surface area contributed by atoms with Crippen molar-refractivity contribution in [3.05, 3.63) is 0 Å². The maximum Gasteiger partial charge on any atom is 0.0455 e. The summed E-state index contributed by atoms with van der Waals surface area (Å²) in [5.74, 6) is 0. The van der Waals surface area contributed by atoms with E-state index in [1.165, 1.54) is 11.5 Å². The fourth-order valence-electron chi connectivity index (χ4n) is 1.61. The minimum absolute atomic E-state index is 0.0781. The molecule has 11 heavy (non-hydrogen) atoms. The van der Waals surface area contributed by atoms with Crippen molar-refractivity contribution in [1.29, 1.82) is 0 Å². The van der Waals surface area contributed by atoms with Crippen LogP contribution in [-0.2, 0) is 0 Å². The van der Waals surface area contributed by atoms with E-state index >= 15 is 0 Å². The van der Waals surface area contributed by atoms with Gasteiger partial charge in [0.25, 0.3) is 0 Å². The summed E-state index contributed by atoms with van der Waals surface area (Å²) in [6, 6.07) is 0. The highest BCUT2D eigenvalue weighted by Gasteiger charge is 2.43. The van der Waals surface area contributed by atoms with E-state index in [1.54, 1.807) is 0 Å². The van der Waals surface area contributed by atoms with Gasteiger partial charge in [0, 0.05) is 12.1 Å². The second-order valence-electron chi connectivity index (χ2n) is 4.67. The first kappa shape index (κ1) is 9.01. The van der Waals surface area contributed by atoms with Crippen molar-refractivity contribution in [2.75, 3.05) is 6.54 Å². The summed E-state index contributed by atoms with van der Waals surface area (Å²) in [7, 11) is 0. The molecular formula is C9H19NO. The van der Waals surface area contributed by atoms with Crippen molar-refractivity contribution >= 4 is 0 Å². The lowest BCUT2D eigenvalue weighted by molar-refractivity contribution is -0.218. The molecule has 1 N–H and O–H groups in total. The fraction of sp³-hybridized carbons (Fsp3) is 1.00. The zero-order valence-corrected chi connectivity index (χ0v) is 8.02. The number of hydrogen-bond acceptors (Lipinski definition) is 2. The van der Waals surface area contributed by atoms with Crippen molar-refractivity contribution in [3.8, 4) is 0 Å². The minimum Gasteiger partial charge on any atom is -0.313 e. The van der Waals surface area contributed by atoms with Crippen molar-refractivity contribution < 1.29 is 5.21 Å². The van der Waals surface area contributed by atoms with Crippen molar-refractivity contribution in [1.82, 2.24) is 5.06 Å².